The Morgan fingerprint density at radius 3 is 1.71 bits per heavy atom. The van der Waals surface area contributed by atoms with Crippen molar-refractivity contribution in [1.82, 2.24) is 74.1 Å². The number of para-hydroxylation sites is 1. The van der Waals surface area contributed by atoms with Crippen LogP contribution in [0, 0.1) is 11.8 Å². The highest BCUT2D eigenvalue weighted by molar-refractivity contribution is 6.02. The Balaban J connectivity index is 2.22. The standard InChI is InChI=1S/C70H105N17O26/c1-8-33(3)17-12-10-11-13-21-49(90)79-42(25-37-30-74-39-19-15-14-18-38(37)39)63(103)82-44(27-48(73)89)65(105)84-46(29-54(97)98)66(106)86-56-36(6)113-70(111)55(34(4)9-2)85-61(101)41(22-23-52(93)94)81-64(104)43(26-47(72)88)80-51(92)32-76-68(108)57(58(112-7)69(109)110)87-59(99)35(5)77-62(102)45(28-53(95)96)83-60(100)40(20-16-24-71)78-50(91)31-75-67(56)107/h14-15,18-19,30,33-36,40-46,55-58,74H,8-13,16-17,20-29,31-32,71H2,1-7H3,(H2,72,88)(H2,73,89)(H,75,107)(H,76,108)(H,77,102)(H,78,91)(H,79,90)(H,80,92)(H,81,104)(H,82,103)(H,83,100)(H,84,105)(H,85,101)(H,86,106)(H,87,99)(H,93,94)(H,95,96)(H,97,98)(H,109,110). The molecule has 1 aromatic carbocycles. The SMILES string of the molecule is CCC(C)CCCCCCC(=O)NC(Cc1c[nH]c2ccccc12)C(=O)NC(CC(N)=O)C(=O)NC(CC(=O)O)C(=O)NC1C(=O)NCC(=O)NC(CCCN)C(=O)NC(CC(=O)O)C(=O)NC(C)C(=O)NC(C(OC)C(=O)O)C(=O)NCC(=O)NC(CC(N)=O)C(=O)NC(CCC(=O)O)C(=O)NC(C(C)CC)C(=O)OC1C. The van der Waals surface area contributed by atoms with E-state index in [1.807, 2.05) is 10.6 Å². The molecule has 0 radical (unpaired) electrons. The lowest BCUT2D eigenvalue weighted by atomic mass is 9.98. The molecule has 2 aromatic rings. The third kappa shape index (κ3) is 33.3. The van der Waals surface area contributed by atoms with E-state index in [-0.39, 0.29) is 38.6 Å². The van der Waals surface area contributed by atoms with Gasteiger partial charge in [-0.05, 0) is 69.5 Å². The number of carboxylic acids is 4. The van der Waals surface area contributed by atoms with Gasteiger partial charge in [0.2, 0.25) is 88.6 Å². The van der Waals surface area contributed by atoms with Gasteiger partial charge in [-0.1, -0.05) is 84.4 Å². The number of esters is 1. The zero-order valence-electron chi connectivity index (χ0n) is 63.7. The van der Waals surface area contributed by atoms with Crippen molar-refractivity contribution in [1.29, 1.82) is 0 Å². The summed E-state index contributed by atoms with van der Waals surface area (Å²) in [6.45, 7) is 6.46. The number of methoxy groups -OCH3 is 1. The van der Waals surface area contributed by atoms with Crippen LogP contribution in [-0.2, 0) is 112 Å². The van der Waals surface area contributed by atoms with Crippen LogP contribution in [-0.4, -0.2) is 249 Å². The van der Waals surface area contributed by atoms with E-state index in [1.165, 1.54) is 13.8 Å². The summed E-state index contributed by atoms with van der Waals surface area (Å²) in [6, 6.07) is -15.1. The van der Waals surface area contributed by atoms with E-state index >= 15 is 0 Å². The number of fused-ring (bicyclic) bond motifs is 1. The number of carbonyl (C=O) groups is 20. The summed E-state index contributed by atoms with van der Waals surface area (Å²) in [5.74, 6) is -28.5. The smallest absolute Gasteiger partial charge is 0.335 e. The van der Waals surface area contributed by atoms with E-state index in [0.717, 1.165) is 46.6 Å². The van der Waals surface area contributed by atoms with E-state index in [9.17, 15) is 116 Å². The van der Waals surface area contributed by atoms with Crippen molar-refractivity contribution in [3.05, 3.63) is 36.0 Å². The number of unbranched alkanes of at least 4 members (excludes halogenated alkanes) is 3. The van der Waals surface area contributed by atoms with E-state index in [2.05, 4.69) is 77.3 Å². The van der Waals surface area contributed by atoms with Crippen LogP contribution in [0.3, 0.4) is 0 Å². The van der Waals surface area contributed by atoms with Gasteiger partial charge in [-0.15, -0.1) is 0 Å². The first-order valence-electron chi connectivity index (χ1n) is 36.5. The second kappa shape index (κ2) is 48.0. The minimum atomic E-state index is -2.33. The summed E-state index contributed by atoms with van der Waals surface area (Å²) < 4.78 is 10.6. The van der Waals surface area contributed by atoms with Crippen molar-refractivity contribution in [3.63, 3.8) is 0 Å². The molecule has 1 saturated heterocycles. The molecule has 0 aliphatic carbocycles. The van der Waals surface area contributed by atoms with E-state index < -0.39 is 255 Å². The number of ether oxygens (including phenoxy) is 2. The number of aromatic nitrogens is 1. The average Bonchev–Trinajstić information content (AvgIpc) is 1.66. The summed E-state index contributed by atoms with van der Waals surface area (Å²) in [5.41, 5.74) is 17.9. The summed E-state index contributed by atoms with van der Waals surface area (Å²) in [4.78, 5) is 274. The van der Waals surface area contributed by atoms with Crippen LogP contribution in [0.4, 0.5) is 0 Å². The lowest BCUT2D eigenvalue weighted by Gasteiger charge is -2.30. The number of hydrogen-bond acceptors (Lipinski definition) is 23. The van der Waals surface area contributed by atoms with Crippen molar-refractivity contribution in [3.8, 4) is 0 Å². The normalized spacial score (nSPS) is 22.0. The molecule has 1 fully saturated rings. The molecule has 15 amide bonds. The highest BCUT2D eigenvalue weighted by Crippen LogP contribution is 2.21. The van der Waals surface area contributed by atoms with Crippen molar-refractivity contribution in [2.75, 3.05) is 26.7 Å². The van der Waals surface area contributed by atoms with E-state index in [0.29, 0.717) is 35.2 Å². The lowest BCUT2D eigenvalue weighted by Crippen LogP contribution is -2.62. The fourth-order valence-electron chi connectivity index (χ4n) is 11.4. The summed E-state index contributed by atoms with van der Waals surface area (Å²) in [5, 5.41) is 68.8. The molecule has 15 atom stereocenters. The van der Waals surface area contributed by atoms with Gasteiger partial charge in [0, 0.05) is 43.5 Å². The predicted octanol–water partition coefficient (Wildman–Crippen LogP) is -5.92. The van der Waals surface area contributed by atoms with E-state index in [1.54, 1.807) is 30.5 Å². The van der Waals surface area contributed by atoms with Crippen molar-refractivity contribution < 1.29 is 126 Å². The molecule has 0 bridgehead atoms. The molecule has 0 saturated carbocycles. The molecular formula is C70H105N17O26. The second-order valence-corrected chi connectivity index (χ2v) is 27.2. The first-order valence-corrected chi connectivity index (χ1v) is 36.5. The number of hydrogen-bond donors (Lipinski definition) is 21. The Kier molecular flexibility index (Phi) is 40.5. The van der Waals surface area contributed by atoms with Crippen molar-refractivity contribution in [2.24, 2.45) is 29.0 Å². The number of nitrogens with one attached hydrogen (secondary N) is 14. The number of aromatic amines is 1. The van der Waals surface area contributed by atoms with Gasteiger partial charge in [0.1, 0.15) is 72.6 Å². The molecule has 43 heteroatoms. The van der Waals surface area contributed by atoms with Crippen LogP contribution in [0.5, 0.6) is 0 Å². The molecule has 113 heavy (non-hydrogen) atoms. The fraction of sp³-hybridized carbons (Fsp3) is 0.600. The molecule has 0 spiro atoms. The maximum Gasteiger partial charge on any atom is 0.335 e. The minimum absolute atomic E-state index is 0.00760. The minimum Gasteiger partial charge on any atom is -0.481 e. The number of amides is 15. The van der Waals surface area contributed by atoms with Crippen LogP contribution >= 0.6 is 0 Å². The van der Waals surface area contributed by atoms with Crippen LogP contribution < -0.4 is 86.3 Å². The molecule has 2 heterocycles. The predicted molar refractivity (Wildman–Crippen MR) is 393 cm³/mol. The Labute approximate surface area is 648 Å². The van der Waals surface area contributed by atoms with Gasteiger partial charge in [-0.25, -0.2) is 9.59 Å². The largest absolute Gasteiger partial charge is 0.481 e. The van der Waals surface area contributed by atoms with Gasteiger partial charge in [0.25, 0.3) is 0 Å². The molecule has 43 nitrogen and oxygen atoms in total. The number of carboxylic acid groups (broad SMARTS) is 4. The Bertz CT molecular complexity index is 3760. The number of primary amides is 2. The second-order valence-electron chi connectivity index (χ2n) is 27.2. The number of carbonyl (C=O) groups excluding carboxylic acids is 16. The summed E-state index contributed by atoms with van der Waals surface area (Å²) in [6.07, 6.45) is -4.80. The topological polar surface area (TPSA) is 691 Å². The van der Waals surface area contributed by atoms with Gasteiger partial charge < -0.3 is 121 Å². The average molecular weight is 1600 g/mol. The summed E-state index contributed by atoms with van der Waals surface area (Å²) in [7, 11) is 0.795. The molecule has 15 unspecified atom stereocenters. The van der Waals surface area contributed by atoms with E-state index in [4.69, 9.17) is 26.7 Å². The van der Waals surface area contributed by atoms with Gasteiger partial charge in [0.15, 0.2) is 6.10 Å². The van der Waals surface area contributed by atoms with Crippen molar-refractivity contribution >= 4 is 129 Å². The zero-order valence-corrected chi connectivity index (χ0v) is 63.7. The number of nitrogens with two attached hydrogens (primary N) is 3. The number of benzene rings is 1. The van der Waals surface area contributed by atoms with Gasteiger partial charge in [-0.2, -0.15) is 0 Å². The van der Waals surface area contributed by atoms with Crippen LogP contribution in [0.15, 0.2) is 30.5 Å². The number of rotatable bonds is 36. The quantitative estimate of drug-likeness (QED) is 0.0223. The number of aliphatic carboxylic acids is 4. The monoisotopic (exact) mass is 1600 g/mol. The zero-order chi connectivity index (χ0) is 84.9. The Morgan fingerprint density at radius 2 is 1.12 bits per heavy atom. The van der Waals surface area contributed by atoms with Gasteiger partial charge in [-0.3, -0.25) is 86.3 Å². The number of cyclic esters (lactones) is 1. The van der Waals surface area contributed by atoms with Crippen LogP contribution in [0.1, 0.15) is 150 Å². The first kappa shape index (κ1) is 95.3. The first-order chi connectivity index (χ1) is 53.2. The molecule has 1 aliphatic heterocycles. The molecule has 626 valence electrons. The number of H-pyrrole nitrogens is 1. The molecule has 3 rings (SSSR count). The molecular weight excluding hydrogens is 1490 g/mol. The molecule has 24 N–H and O–H groups in total. The van der Waals surface area contributed by atoms with Gasteiger partial charge in [0.05, 0.1) is 38.8 Å². The Hall–Kier alpha value is -11.9. The fourth-order valence-corrected chi connectivity index (χ4v) is 11.4. The van der Waals surface area contributed by atoms with Crippen LogP contribution in [0.2, 0.25) is 0 Å². The summed E-state index contributed by atoms with van der Waals surface area (Å²) >= 11 is 0. The van der Waals surface area contributed by atoms with Gasteiger partial charge >= 0.3 is 29.8 Å². The third-order valence-corrected chi connectivity index (χ3v) is 18.1. The van der Waals surface area contributed by atoms with Crippen molar-refractivity contribution in [2.45, 2.75) is 229 Å². The highest BCUT2D eigenvalue weighted by Gasteiger charge is 2.42. The lowest BCUT2D eigenvalue weighted by molar-refractivity contribution is -0.157. The maximum absolute atomic E-state index is 14.7. The highest BCUT2D eigenvalue weighted by atomic mass is 16.5. The molecule has 1 aromatic heterocycles. The van der Waals surface area contributed by atoms with Crippen LogP contribution in [0.25, 0.3) is 10.9 Å². The maximum atomic E-state index is 14.7. The molecule has 1 aliphatic rings. The third-order valence-electron chi connectivity index (χ3n) is 18.1. The Morgan fingerprint density at radius 1 is 0.566 bits per heavy atom.